The highest BCUT2D eigenvalue weighted by molar-refractivity contribution is 5.96. The van der Waals surface area contributed by atoms with E-state index in [1.54, 1.807) is 19.2 Å². The summed E-state index contributed by atoms with van der Waals surface area (Å²) < 4.78 is 5.00. The lowest BCUT2D eigenvalue weighted by molar-refractivity contribution is -0.121. The molecule has 2 N–H and O–H groups in total. The molecule has 0 atom stereocenters. The van der Waals surface area contributed by atoms with Crippen molar-refractivity contribution in [2.75, 3.05) is 13.7 Å². The van der Waals surface area contributed by atoms with Gasteiger partial charge in [-0.15, -0.1) is 0 Å². The molecule has 0 aliphatic carbocycles. The Kier molecular flexibility index (Phi) is 5.70. The van der Waals surface area contributed by atoms with Gasteiger partial charge in [0, 0.05) is 18.2 Å². The molecule has 0 radical (unpaired) electrons. The van der Waals surface area contributed by atoms with Gasteiger partial charge in [0.15, 0.2) is 0 Å². The number of amides is 2. The molecule has 0 saturated carbocycles. The van der Waals surface area contributed by atoms with Gasteiger partial charge in [-0.1, -0.05) is 12.1 Å². The number of carbonyl (C=O) groups is 2. The SMILES string of the molecule is COCc1ccc(C(=O)NCC(=O)NC(C)(C)C)cc1. The highest BCUT2D eigenvalue weighted by Crippen LogP contribution is 2.05. The first-order valence-corrected chi connectivity index (χ1v) is 6.49. The van der Waals surface area contributed by atoms with Crippen LogP contribution in [0.1, 0.15) is 36.7 Å². The Morgan fingerprint density at radius 2 is 1.75 bits per heavy atom. The molecule has 0 saturated heterocycles. The zero-order valence-corrected chi connectivity index (χ0v) is 12.4. The molecule has 5 heteroatoms. The van der Waals surface area contributed by atoms with E-state index in [4.69, 9.17) is 4.74 Å². The molecule has 0 unspecified atom stereocenters. The van der Waals surface area contributed by atoms with E-state index in [1.165, 1.54) is 0 Å². The van der Waals surface area contributed by atoms with Gasteiger partial charge in [0.05, 0.1) is 13.2 Å². The lowest BCUT2D eigenvalue weighted by Crippen LogP contribution is -2.45. The van der Waals surface area contributed by atoms with Crippen LogP contribution in [0.25, 0.3) is 0 Å². The van der Waals surface area contributed by atoms with Crippen LogP contribution in [0.5, 0.6) is 0 Å². The predicted molar refractivity (Wildman–Crippen MR) is 77.4 cm³/mol. The number of methoxy groups -OCH3 is 1. The van der Waals surface area contributed by atoms with Crippen molar-refractivity contribution in [3.05, 3.63) is 35.4 Å². The second-order valence-corrected chi connectivity index (χ2v) is 5.61. The number of nitrogens with one attached hydrogen (secondary N) is 2. The first kappa shape index (κ1) is 16.2. The van der Waals surface area contributed by atoms with Crippen LogP contribution in [0.15, 0.2) is 24.3 Å². The summed E-state index contributed by atoms with van der Waals surface area (Å²) in [7, 11) is 1.62. The summed E-state index contributed by atoms with van der Waals surface area (Å²) in [5.41, 5.74) is 1.21. The molecular weight excluding hydrogens is 256 g/mol. The predicted octanol–water partition coefficient (Wildman–Crippen LogP) is 1.48. The van der Waals surface area contributed by atoms with Crippen molar-refractivity contribution in [3.63, 3.8) is 0 Å². The lowest BCUT2D eigenvalue weighted by Gasteiger charge is -2.20. The summed E-state index contributed by atoms with van der Waals surface area (Å²) >= 11 is 0. The lowest BCUT2D eigenvalue weighted by atomic mass is 10.1. The number of ether oxygens (including phenoxy) is 1. The fraction of sp³-hybridized carbons (Fsp3) is 0.467. The van der Waals surface area contributed by atoms with Gasteiger partial charge >= 0.3 is 0 Å². The zero-order chi connectivity index (χ0) is 15.2. The van der Waals surface area contributed by atoms with Crippen LogP contribution in [0.3, 0.4) is 0 Å². The quantitative estimate of drug-likeness (QED) is 0.857. The van der Waals surface area contributed by atoms with Gasteiger partial charge in [0.25, 0.3) is 5.91 Å². The van der Waals surface area contributed by atoms with Gasteiger partial charge in [-0.2, -0.15) is 0 Å². The molecular formula is C15H22N2O3. The van der Waals surface area contributed by atoms with Crippen LogP contribution in [0.4, 0.5) is 0 Å². The average molecular weight is 278 g/mol. The summed E-state index contributed by atoms with van der Waals surface area (Å²) in [6, 6.07) is 7.08. The van der Waals surface area contributed by atoms with E-state index >= 15 is 0 Å². The van der Waals surface area contributed by atoms with E-state index in [-0.39, 0.29) is 23.9 Å². The third kappa shape index (κ3) is 5.84. The Labute approximate surface area is 119 Å². The van der Waals surface area contributed by atoms with Crippen molar-refractivity contribution in [3.8, 4) is 0 Å². The third-order valence-corrected chi connectivity index (χ3v) is 2.45. The van der Waals surface area contributed by atoms with Gasteiger partial charge < -0.3 is 15.4 Å². The number of benzene rings is 1. The molecule has 0 heterocycles. The van der Waals surface area contributed by atoms with E-state index < -0.39 is 0 Å². The van der Waals surface area contributed by atoms with Gasteiger partial charge in [-0.05, 0) is 38.5 Å². The molecule has 1 aromatic rings. The second kappa shape index (κ2) is 7.05. The molecule has 20 heavy (non-hydrogen) atoms. The van der Waals surface area contributed by atoms with Crippen LogP contribution >= 0.6 is 0 Å². The highest BCUT2D eigenvalue weighted by atomic mass is 16.5. The van der Waals surface area contributed by atoms with Crippen LogP contribution in [-0.2, 0) is 16.1 Å². The molecule has 1 aromatic carbocycles. The summed E-state index contributed by atoms with van der Waals surface area (Å²) in [6.45, 7) is 6.15. The minimum Gasteiger partial charge on any atom is -0.380 e. The van der Waals surface area contributed by atoms with Gasteiger partial charge in [-0.25, -0.2) is 0 Å². The number of hydrogen-bond acceptors (Lipinski definition) is 3. The molecule has 0 fully saturated rings. The Morgan fingerprint density at radius 1 is 1.15 bits per heavy atom. The summed E-state index contributed by atoms with van der Waals surface area (Å²) in [5, 5.41) is 5.37. The van der Waals surface area contributed by atoms with Crippen LogP contribution < -0.4 is 10.6 Å². The number of carbonyl (C=O) groups excluding carboxylic acids is 2. The fourth-order valence-corrected chi connectivity index (χ4v) is 1.64. The molecule has 1 rings (SSSR count). The average Bonchev–Trinajstić information content (AvgIpc) is 2.35. The first-order valence-electron chi connectivity index (χ1n) is 6.49. The smallest absolute Gasteiger partial charge is 0.251 e. The summed E-state index contributed by atoms with van der Waals surface area (Å²) in [5.74, 6) is -0.472. The topological polar surface area (TPSA) is 67.4 Å². The number of hydrogen-bond donors (Lipinski definition) is 2. The van der Waals surface area contributed by atoms with E-state index in [2.05, 4.69) is 10.6 Å². The van der Waals surface area contributed by atoms with Crippen LogP contribution in [0.2, 0.25) is 0 Å². The van der Waals surface area contributed by atoms with Crippen molar-refractivity contribution in [2.45, 2.75) is 32.9 Å². The second-order valence-electron chi connectivity index (χ2n) is 5.61. The fourth-order valence-electron chi connectivity index (χ4n) is 1.64. The largest absolute Gasteiger partial charge is 0.380 e. The third-order valence-electron chi connectivity index (χ3n) is 2.45. The molecule has 5 nitrogen and oxygen atoms in total. The Morgan fingerprint density at radius 3 is 2.25 bits per heavy atom. The van der Waals surface area contributed by atoms with Crippen molar-refractivity contribution >= 4 is 11.8 Å². The Hall–Kier alpha value is -1.88. The van der Waals surface area contributed by atoms with Gasteiger partial charge in [0.2, 0.25) is 5.91 Å². The maximum Gasteiger partial charge on any atom is 0.251 e. The highest BCUT2D eigenvalue weighted by Gasteiger charge is 2.14. The van der Waals surface area contributed by atoms with Crippen molar-refractivity contribution < 1.29 is 14.3 Å². The molecule has 0 bridgehead atoms. The van der Waals surface area contributed by atoms with Crippen molar-refractivity contribution in [2.24, 2.45) is 0 Å². The van der Waals surface area contributed by atoms with E-state index in [0.29, 0.717) is 12.2 Å². The van der Waals surface area contributed by atoms with Crippen LogP contribution in [0, 0.1) is 0 Å². The Balaban J connectivity index is 2.48. The standard InChI is InChI=1S/C15H22N2O3/c1-15(2,3)17-13(18)9-16-14(19)12-7-5-11(6-8-12)10-20-4/h5-8H,9-10H2,1-4H3,(H,16,19)(H,17,18). The monoisotopic (exact) mass is 278 g/mol. The normalized spacial score (nSPS) is 11.0. The van der Waals surface area contributed by atoms with Crippen molar-refractivity contribution in [1.82, 2.24) is 10.6 Å². The molecule has 2 amide bonds. The zero-order valence-electron chi connectivity index (χ0n) is 12.4. The van der Waals surface area contributed by atoms with E-state index in [1.807, 2.05) is 32.9 Å². The van der Waals surface area contributed by atoms with Gasteiger partial charge in [-0.3, -0.25) is 9.59 Å². The molecule has 110 valence electrons. The molecule has 0 spiro atoms. The maximum atomic E-state index is 11.9. The minimum atomic E-state index is -0.302. The number of rotatable bonds is 5. The first-order chi connectivity index (χ1) is 9.31. The summed E-state index contributed by atoms with van der Waals surface area (Å²) in [4.78, 5) is 23.5. The Bertz CT molecular complexity index is 461. The molecule has 0 aromatic heterocycles. The van der Waals surface area contributed by atoms with Crippen molar-refractivity contribution in [1.29, 1.82) is 0 Å². The van der Waals surface area contributed by atoms with E-state index in [9.17, 15) is 9.59 Å². The minimum absolute atomic E-state index is 0.0318. The molecule has 0 aliphatic heterocycles. The van der Waals surface area contributed by atoms with Gasteiger partial charge in [0.1, 0.15) is 0 Å². The summed E-state index contributed by atoms with van der Waals surface area (Å²) in [6.07, 6.45) is 0. The maximum absolute atomic E-state index is 11.9. The van der Waals surface area contributed by atoms with E-state index in [0.717, 1.165) is 5.56 Å². The molecule has 0 aliphatic rings. The van der Waals surface area contributed by atoms with Crippen LogP contribution in [-0.4, -0.2) is 31.0 Å².